The second kappa shape index (κ2) is 5.80. The normalized spacial score (nSPS) is 10.3. The molecule has 0 saturated carbocycles. The van der Waals surface area contributed by atoms with E-state index in [0.29, 0.717) is 5.56 Å². The molecular formula is C11H14N2O2. The van der Waals surface area contributed by atoms with Gasteiger partial charge in [0, 0.05) is 11.8 Å². The van der Waals surface area contributed by atoms with E-state index in [1.165, 1.54) is 0 Å². The van der Waals surface area contributed by atoms with Gasteiger partial charge in [0.1, 0.15) is 5.75 Å². The van der Waals surface area contributed by atoms with Crippen LogP contribution in [0.15, 0.2) is 29.4 Å². The summed E-state index contributed by atoms with van der Waals surface area (Å²) in [5.41, 5.74) is 2.99. The summed E-state index contributed by atoms with van der Waals surface area (Å²) in [5.74, 6) is 0.506. The van der Waals surface area contributed by atoms with Crippen LogP contribution in [0.3, 0.4) is 0 Å². The summed E-state index contributed by atoms with van der Waals surface area (Å²) >= 11 is 0. The van der Waals surface area contributed by atoms with Crippen molar-refractivity contribution >= 4 is 12.1 Å². The number of nitrogens with zero attached hydrogens (tertiary/aromatic N) is 1. The molecule has 0 aromatic heterocycles. The summed E-state index contributed by atoms with van der Waals surface area (Å²) in [6.45, 7) is 1.95. The van der Waals surface area contributed by atoms with E-state index in [2.05, 4.69) is 10.5 Å². The molecule has 4 heteroatoms. The van der Waals surface area contributed by atoms with Gasteiger partial charge >= 0.3 is 0 Å². The maximum atomic E-state index is 11.5. The van der Waals surface area contributed by atoms with Crippen LogP contribution in [0.25, 0.3) is 0 Å². The van der Waals surface area contributed by atoms with Crippen molar-refractivity contribution in [3.8, 4) is 5.75 Å². The first-order chi connectivity index (χ1) is 7.27. The van der Waals surface area contributed by atoms with Crippen LogP contribution in [-0.4, -0.2) is 19.2 Å². The van der Waals surface area contributed by atoms with Gasteiger partial charge in [-0.2, -0.15) is 5.10 Å². The maximum Gasteiger partial charge on any atom is 0.271 e. The lowest BCUT2D eigenvalue weighted by Crippen LogP contribution is -2.17. The number of amides is 1. The fourth-order valence-electron chi connectivity index (χ4n) is 1.00. The minimum atomic E-state index is -0.220. The highest BCUT2D eigenvalue weighted by molar-refractivity contribution is 5.94. The lowest BCUT2D eigenvalue weighted by Gasteiger charge is -2.01. The van der Waals surface area contributed by atoms with E-state index in [1.54, 1.807) is 37.6 Å². The first-order valence-corrected chi connectivity index (χ1v) is 4.74. The number of ether oxygens (including phenoxy) is 1. The zero-order valence-electron chi connectivity index (χ0n) is 8.86. The minimum Gasteiger partial charge on any atom is -0.497 e. The number of hydrazone groups is 1. The van der Waals surface area contributed by atoms with Gasteiger partial charge in [-0.25, -0.2) is 5.43 Å². The first-order valence-electron chi connectivity index (χ1n) is 4.74. The molecule has 0 spiro atoms. The van der Waals surface area contributed by atoms with Gasteiger partial charge in [-0.3, -0.25) is 4.79 Å². The van der Waals surface area contributed by atoms with E-state index in [4.69, 9.17) is 4.74 Å². The van der Waals surface area contributed by atoms with Crippen LogP contribution in [-0.2, 0) is 0 Å². The Hall–Kier alpha value is -1.84. The average Bonchev–Trinajstić information content (AvgIpc) is 2.29. The van der Waals surface area contributed by atoms with Gasteiger partial charge in [-0.1, -0.05) is 6.92 Å². The molecule has 80 valence electrons. The SMILES string of the molecule is CC/C=N\NC(=O)c1ccc(OC)cc1. The highest BCUT2D eigenvalue weighted by Crippen LogP contribution is 2.10. The molecule has 1 rings (SSSR count). The molecule has 1 amide bonds. The smallest absolute Gasteiger partial charge is 0.271 e. The van der Waals surface area contributed by atoms with Crippen LogP contribution in [0.1, 0.15) is 23.7 Å². The number of nitrogens with one attached hydrogen (secondary N) is 1. The summed E-state index contributed by atoms with van der Waals surface area (Å²) in [7, 11) is 1.58. The van der Waals surface area contributed by atoms with Crippen LogP contribution in [0.2, 0.25) is 0 Å². The molecule has 1 aromatic rings. The molecule has 15 heavy (non-hydrogen) atoms. The number of carbonyl (C=O) groups is 1. The highest BCUT2D eigenvalue weighted by Gasteiger charge is 2.03. The van der Waals surface area contributed by atoms with E-state index in [-0.39, 0.29) is 5.91 Å². The van der Waals surface area contributed by atoms with Crippen molar-refractivity contribution in [1.82, 2.24) is 5.43 Å². The Balaban J connectivity index is 2.62. The predicted octanol–water partition coefficient (Wildman–Crippen LogP) is 1.82. The number of benzene rings is 1. The van der Waals surface area contributed by atoms with Crippen molar-refractivity contribution in [2.45, 2.75) is 13.3 Å². The molecule has 4 nitrogen and oxygen atoms in total. The maximum absolute atomic E-state index is 11.5. The molecule has 1 N–H and O–H groups in total. The summed E-state index contributed by atoms with van der Waals surface area (Å²) in [6, 6.07) is 6.85. The van der Waals surface area contributed by atoms with Gasteiger partial charge in [0.05, 0.1) is 7.11 Å². The van der Waals surface area contributed by atoms with Gasteiger partial charge in [-0.05, 0) is 30.7 Å². The molecule has 0 heterocycles. The number of rotatable bonds is 4. The zero-order valence-corrected chi connectivity index (χ0v) is 8.86. The molecular weight excluding hydrogens is 192 g/mol. The molecule has 0 atom stereocenters. The molecule has 0 aliphatic heterocycles. The molecule has 0 saturated heterocycles. The molecule has 0 unspecified atom stereocenters. The highest BCUT2D eigenvalue weighted by atomic mass is 16.5. The molecule has 0 fully saturated rings. The Labute approximate surface area is 88.9 Å². The Morgan fingerprint density at radius 1 is 1.47 bits per heavy atom. The quantitative estimate of drug-likeness (QED) is 0.603. The summed E-state index contributed by atoms with van der Waals surface area (Å²) in [4.78, 5) is 11.5. The minimum absolute atomic E-state index is 0.220. The topological polar surface area (TPSA) is 50.7 Å². The Morgan fingerprint density at radius 2 is 2.13 bits per heavy atom. The standard InChI is InChI=1S/C11H14N2O2/c1-3-8-12-13-11(14)9-4-6-10(15-2)7-5-9/h4-8H,3H2,1-2H3,(H,13,14)/b12-8-. The monoisotopic (exact) mass is 206 g/mol. The van der Waals surface area contributed by atoms with Crippen LogP contribution < -0.4 is 10.2 Å². The van der Waals surface area contributed by atoms with Crippen LogP contribution in [0.4, 0.5) is 0 Å². The second-order valence-electron chi connectivity index (χ2n) is 2.89. The molecule has 1 aromatic carbocycles. The number of carbonyl (C=O) groups excluding carboxylic acids is 1. The summed E-state index contributed by atoms with van der Waals surface area (Å²) in [5, 5.41) is 3.75. The van der Waals surface area contributed by atoms with E-state index in [9.17, 15) is 4.79 Å². The van der Waals surface area contributed by atoms with Crippen molar-refractivity contribution < 1.29 is 9.53 Å². The van der Waals surface area contributed by atoms with Crippen LogP contribution in [0, 0.1) is 0 Å². The Kier molecular flexibility index (Phi) is 4.34. The van der Waals surface area contributed by atoms with E-state index >= 15 is 0 Å². The van der Waals surface area contributed by atoms with E-state index in [0.717, 1.165) is 12.2 Å². The van der Waals surface area contributed by atoms with Gasteiger partial charge < -0.3 is 4.74 Å². The van der Waals surface area contributed by atoms with Crippen molar-refractivity contribution in [1.29, 1.82) is 0 Å². The second-order valence-corrected chi connectivity index (χ2v) is 2.89. The number of hydrogen-bond acceptors (Lipinski definition) is 3. The Morgan fingerprint density at radius 3 is 2.67 bits per heavy atom. The van der Waals surface area contributed by atoms with Gasteiger partial charge in [-0.15, -0.1) is 0 Å². The predicted molar refractivity (Wildman–Crippen MR) is 59.2 cm³/mol. The van der Waals surface area contributed by atoms with Crippen molar-refractivity contribution in [2.75, 3.05) is 7.11 Å². The van der Waals surface area contributed by atoms with E-state index in [1.807, 2.05) is 6.92 Å². The average molecular weight is 206 g/mol. The van der Waals surface area contributed by atoms with Crippen LogP contribution >= 0.6 is 0 Å². The van der Waals surface area contributed by atoms with Gasteiger partial charge in [0.2, 0.25) is 0 Å². The number of methoxy groups -OCH3 is 1. The van der Waals surface area contributed by atoms with Crippen molar-refractivity contribution in [3.63, 3.8) is 0 Å². The van der Waals surface area contributed by atoms with Crippen molar-refractivity contribution in [2.24, 2.45) is 5.10 Å². The largest absolute Gasteiger partial charge is 0.497 e. The zero-order chi connectivity index (χ0) is 11.1. The molecule has 0 bridgehead atoms. The molecule has 0 aliphatic carbocycles. The first kappa shape index (κ1) is 11.2. The fourth-order valence-corrected chi connectivity index (χ4v) is 1.00. The lowest BCUT2D eigenvalue weighted by molar-refractivity contribution is 0.0955. The molecule has 0 aliphatic rings. The summed E-state index contributed by atoms with van der Waals surface area (Å²) in [6.07, 6.45) is 2.43. The fraction of sp³-hybridized carbons (Fsp3) is 0.273. The van der Waals surface area contributed by atoms with Gasteiger partial charge in [0.15, 0.2) is 0 Å². The van der Waals surface area contributed by atoms with Crippen molar-refractivity contribution in [3.05, 3.63) is 29.8 Å². The molecule has 0 radical (unpaired) electrons. The lowest BCUT2D eigenvalue weighted by atomic mass is 10.2. The summed E-state index contributed by atoms with van der Waals surface area (Å²) < 4.78 is 4.99. The third kappa shape index (κ3) is 3.42. The van der Waals surface area contributed by atoms with E-state index < -0.39 is 0 Å². The van der Waals surface area contributed by atoms with Crippen LogP contribution in [0.5, 0.6) is 5.75 Å². The number of hydrogen-bond donors (Lipinski definition) is 1. The Bertz CT molecular complexity index is 344. The third-order valence-corrected chi connectivity index (χ3v) is 1.79. The van der Waals surface area contributed by atoms with Gasteiger partial charge in [0.25, 0.3) is 5.91 Å². The third-order valence-electron chi connectivity index (χ3n) is 1.79.